The van der Waals surface area contributed by atoms with Crippen LogP contribution in [0.5, 0.6) is 0 Å². The van der Waals surface area contributed by atoms with Gasteiger partial charge in [-0.25, -0.2) is 0 Å². The summed E-state index contributed by atoms with van der Waals surface area (Å²) in [4.78, 5) is 12.8. The van der Waals surface area contributed by atoms with Gasteiger partial charge in [0, 0.05) is 0 Å². The van der Waals surface area contributed by atoms with E-state index in [2.05, 4.69) is 76.2 Å². The third kappa shape index (κ3) is 7.33. The number of esters is 1. The number of carbonyl (C=O) groups excluding carboxylic acids is 1. The molecule has 0 spiro atoms. The van der Waals surface area contributed by atoms with Crippen LogP contribution in [0.15, 0.2) is 0 Å². The Morgan fingerprint density at radius 1 is 0.857 bits per heavy atom. The van der Waals surface area contributed by atoms with E-state index in [4.69, 9.17) is 4.74 Å². The maximum atomic E-state index is 12.8. The molecule has 0 aliphatic carbocycles. The van der Waals surface area contributed by atoms with Gasteiger partial charge in [-0.05, 0) is 28.6 Å². The summed E-state index contributed by atoms with van der Waals surface area (Å²) in [6.07, 6.45) is 0.805. The largest absolute Gasteiger partial charge is 0.461 e. The lowest BCUT2D eigenvalue weighted by Crippen LogP contribution is -2.41. The third-order valence-corrected chi connectivity index (χ3v) is 3.85. The second-order valence-corrected chi connectivity index (χ2v) is 10.2. The van der Waals surface area contributed by atoms with Gasteiger partial charge in [0.15, 0.2) is 0 Å². The smallest absolute Gasteiger partial charge is 0.309 e. The first-order chi connectivity index (χ1) is 9.05. The first-order valence-electron chi connectivity index (χ1n) is 8.26. The molecular weight excluding hydrogens is 260 g/mol. The van der Waals surface area contributed by atoms with Gasteiger partial charge in [0.2, 0.25) is 0 Å². The molecule has 0 aliphatic heterocycles. The Hall–Kier alpha value is -0.530. The summed E-state index contributed by atoms with van der Waals surface area (Å²) in [6, 6.07) is 0. The van der Waals surface area contributed by atoms with E-state index >= 15 is 0 Å². The van der Waals surface area contributed by atoms with Gasteiger partial charge >= 0.3 is 5.97 Å². The molecule has 0 aromatic carbocycles. The van der Waals surface area contributed by atoms with Crippen molar-refractivity contribution in [2.75, 3.05) is 0 Å². The molecule has 21 heavy (non-hydrogen) atoms. The van der Waals surface area contributed by atoms with Crippen LogP contribution in [0.1, 0.15) is 82.6 Å². The van der Waals surface area contributed by atoms with Gasteiger partial charge in [0.05, 0.1) is 5.92 Å². The first kappa shape index (κ1) is 20.5. The molecule has 0 fully saturated rings. The number of hydrogen-bond donors (Lipinski definition) is 0. The summed E-state index contributed by atoms with van der Waals surface area (Å²) in [5.41, 5.74) is 0.00377. The van der Waals surface area contributed by atoms with E-state index in [0.29, 0.717) is 5.92 Å². The van der Waals surface area contributed by atoms with E-state index in [9.17, 15) is 4.79 Å². The van der Waals surface area contributed by atoms with Gasteiger partial charge in [-0.3, -0.25) is 4.79 Å². The summed E-state index contributed by atoms with van der Waals surface area (Å²) in [5, 5.41) is 0. The molecule has 0 aromatic rings. The van der Waals surface area contributed by atoms with Crippen LogP contribution in [0.3, 0.4) is 0 Å². The van der Waals surface area contributed by atoms with Crippen molar-refractivity contribution in [1.29, 1.82) is 0 Å². The lowest BCUT2D eigenvalue weighted by atomic mass is 9.72. The van der Waals surface area contributed by atoms with Crippen molar-refractivity contribution in [2.45, 2.75) is 88.7 Å². The van der Waals surface area contributed by atoms with Crippen LogP contribution in [-0.2, 0) is 9.53 Å². The Labute approximate surface area is 133 Å². The van der Waals surface area contributed by atoms with E-state index in [0.717, 1.165) is 6.42 Å². The van der Waals surface area contributed by atoms with Crippen molar-refractivity contribution < 1.29 is 9.53 Å². The monoisotopic (exact) mass is 298 g/mol. The van der Waals surface area contributed by atoms with E-state index in [-0.39, 0.29) is 34.2 Å². The van der Waals surface area contributed by atoms with Gasteiger partial charge in [-0.1, -0.05) is 76.2 Å². The summed E-state index contributed by atoms with van der Waals surface area (Å²) >= 11 is 0. The van der Waals surface area contributed by atoms with E-state index < -0.39 is 0 Å². The van der Waals surface area contributed by atoms with Crippen LogP contribution in [0.25, 0.3) is 0 Å². The maximum absolute atomic E-state index is 12.8. The Morgan fingerprint density at radius 3 is 1.52 bits per heavy atom. The molecule has 2 unspecified atom stereocenters. The minimum absolute atomic E-state index is 0.0337. The summed E-state index contributed by atoms with van der Waals surface area (Å²) in [6.45, 7) is 23.6. The number of ether oxygens (including phenoxy) is 1. The zero-order chi connectivity index (χ0) is 17.2. The van der Waals surface area contributed by atoms with Gasteiger partial charge in [0.1, 0.15) is 6.10 Å². The molecule has 126 valence electrons. The maximum Gasteiger partial charge on any atom is 0.309 e. The second-order valence-electron chi connectivity index (χ2n) is 10.2. The highest BCUT2D eigenvalue weighted by Crippen LogP contribution is 2.38. The topological polar surface area (TPSA) is 26.3 Å². The van der Waals surface area contributed by atoms with Gasteiger partial charge in [-0.15, -0.1) is 0 Å². The van der Waals surface area contributed by atoms with Crippen LogP contribution in [0, 0.1) is 28.1 Å². The highest BCUT2D eigenvalue weighted by atomic mass is 16.5. The van der Waals surface area contributed by atoms with Crippen LogP contribution in [0.4, 0.5) is 0 Å². The fraction of sp³-hybridized carbons (Fsp3) is 0.947. The summed E-state index contributed by atoms with van der Waals surface area (Å²) < 4.78 is 5.97. The Bertz CT molecular complexity index is 334. The molecule has 0 heterocycles. The quantitative estimate of drug-likeness (QED) is 0.622. The predicted octanol–water partition coefficient (Wildman–Crippen LogP) is 5.70. The van der Waals surface area contributed by atoms with E-state index in [1.54, 1.807) is 0 Å². The minimum Gasteiger partial charge on any atom is -0.461 e. The van der Waals surface area contributed by atoms with E-state index in [1.165, 1.54) is 0 Å². The van der Waals surface area contributed by atoms with Crippen LogP contribution in [-0.4, -0.2) is 12.1 Å². The lowest BCUT2D eigenvalue weighted by Gasteiger charge is -2.38. The predicted molar refractivity (Wildman–Crippen MR) is 91.2 cm³/mol. The zero-order valence-electron chi connectivity index (χ0n) is 16.3. The van der Waals surface area contributed by atoms with Gasteiger partial charge < -0.3 is 4.74 Å². The fourth-order valence-corrected chi connectivity index (χ4v) is 2.88. The van der Waals surface area contributed by atoms with Crippen molar-refractivity contribution in [3.05, 3.63) is 0 Å². The minimum atomic E-state index is -0.0796. The first-order valence-corrected chi connectivity index (χ1v) is 8.26. The molecule has 0 bridgehead atoms. The number of rotatable bonds is 4. The van der Waals surface area contributed by atoms with Crippen LogP contribution >= 0.6 is 0 Å². The van der Waals surface area contributed by atoms with Crippen molar-refractivity contribution >= 4 is 5.97 Å². The summed E-state index contributed by atoms with van der Waals surface area (Å²) in [7, 11) is 0. The highest BCUT2D eigenvalue weighted by Gasteiger charge is 2.39. The average molecular weight is 299 g/mol. The van der Waals surface area contributed by atoms with Crippen molar-refractivity contribution in [2.24, 2.45) is 28.1 Å². The molecule has 0 saturated heterocycles. The molecule has 2 atom stereocenters. The number of carbonyl (C=O) groups is 1. The van der Waals surface area contributed by atoms with Gasteiger partial charge in [-0.2, -0.15) is 0 Å². The molecule has 2 heteroatoms. The SMILES string of the molecule is CC(C)C(OC(=O)C(CC(C)(C)C)C(C)(C)C)C(C)(C)C. The zero-order valence-corrected chi connectivity index (χ0v) is 16.3. The Morgan fingerprint density at radius 2 is 1.29 bits per heavy atom. The molecule has 0 aromatic heterocycles. The second kappa shape index (κ2) is 6.71. The highest BCUT2D eigenvalue weighted by molar-refractivity contribution is 5.73. The third-order valence-electron chi connectivity index (χ3n) is 3.85. The molecule has 0 N–H and O–H groups in total. The molecule has 0 radical (unpaired) electrons. The molecule has 2 nitrogen and oxygen atoms in total. The van der Waals surface area contributed by atoms with Crippen molar-refractivity contribution in [3.63, 3.8) is 0 Å². The normalized spacial score (nSPS) is 16.8. The van der Waals surface area contributed by atoms with Crippen molar-refractivity contribution in [1.82, 2.24) is 0 Å². The number of hydrogen-bond acceptors (Lipinski definition) is 2. The van der Waals surface area contributed by atoms with Gasteiger partial charge in [0.25, 0.3) is 0 Å². The molecular formula is C19H38O2. The van der Waals surface area contributed by atoms with Crippen molar-refractivity contribution in [3.8, 4) is 0 Å². The van der Waals surface area contributed by atoms with Crippen LogP contribution in [0.2, 0.25) is 0 Å². The Kier molecular flexibility index (Phi) is 6.54. The summed E-state index contributed by atoms with van der Waals surface area (Å²) in [5.74, 6) is 0.219. The molecule has 0 saturated carbocycles. The fourth-order valence-electron chi connectivity index (χ4n) is 2.88. The molecule has 0 amide bonds. The molecule has 0 rings (SSSR count). The lowest BCUT2D eigenvalue weighted by molar-refractivity contribution is -0.168. The Balaban J connectivity index is 5.23. The van der Waals surface area contributed by atoms with Crippen LogP contribution < -0.4 is 0 Å². The van der Waals surface area contributed by atoms with E-state index in [1.807, 2.05) is 0 Å². The molecule has 0 aliphatic rings. The average Bonchev–Trinajstić information content (AvgIpc) is 2.17. The standard InChI is InChI=1S/C19H38O2/c1-13(2)15(19(9,10)11)21-16(20)14(18(6,7)8)12-17(3,4)5/h13-15H,12H2,1-11H3.